The molecule has 1 atom stereocenters. The molecule has 19 heavy (non-hydrogen) atoms. The number of allylic oxidation sites excluding steroid dienone is 2. The third kappa shape index (κ3) is 15.4. The molecule has 0 aromatic heterocycles. The Morgan fingerprint density at radius 1 is 0.842 bits per heavy atom. The van der Waals surface area contributed by atoms with Crippen molar-refractivity contribution in [3.63, 3.8) is 0 Å². The van der Waals surface area contributed by atoms with E-state index < -0.39 is 0 Å². The molecule has 0 saturated heterocycles. The van der Waals surface area contributed by atoms with Crippen molar-refractivity contribution in [3.05, 3.63) is 24.8 Å². The van der Waals surface area contributed by atoms with Crippen molar-refractivity contribution in [1.29, 1.82) is 0 Å². The van der Waals surface area contributed by atoms with Gasteiger partial charge in [0.25, 0.3) is 0 Å². The molecule has 0 aliphatic heterocycles. The van der Waals surface area contributed by atoms with Gasteiger partial charge in [-0.1, -0.05) is 76.4 Å². The Bertz CT molecular complexity index is 214. The molecule has 0 heteroatoms. The van der Waals surface area contributed by atoms with Gasteiger partial charge in [0.2, 0.25) is 0 Å². The van der Waals surface area contributed by atoms with Crippen LogP contribution >= 0.6 is 0 Å². The molecule has 0 aromatic rings. The van der Waals surface area contributed by atoms with Crippen molar-refractivity contribution in [2.24, 2.45) is 5.92 Å². The van der Waals surface area contributed by atoms with Crippen LogP contribution in [0.2, 0.25) is 0 Å². The summed E-state index contributed by atoms with van der Waals surface area (Å²) in [5, 5.41) is 0. The second kappa shape index (κ2) is 13.9. The van der Waals surface area contributed by atoms with Gasteiger partial charge in [0.05, 0.1) is 0 Å². The Morgan fingerprint density at radius 3 is 1.68 bits per heavy atom. The van der Waals surface area contributed by atoms with Crippen LogP contribution < -0.4 is 0 Å². The van der Waals surface area contributed by atoms with Gasteiger partial charge in [-0.15, -0.1) is 13.2 Å². The topological polar surface area (TPSA) is 0 Å². The van der Waals surface area contributed by atoms with E-state index in [0.29, 0.717) is 5.92 Å². The lowest BCUT2D eigenvalue weighted by Crippen LogP contribution is -1.89. The van der Waals surface area contributed by atoms with E-state index in [1.165, 1.54) is 82.6 Å². The van der Waals surface area contributed by atoms with Crippen LogP contribution in [-0.2, 0) is 0 Å². The van der Waals surface area contributed by atoms with Crippen molar-refractivity contribution in [1.82, 2.24) is 0 Å². The van der Waals surface area contributed by atoms with Gasteiger partial charge in [-0.3, -0.25) is 0 Å². The second-order valence-corrected chi connectivity index (χ2v) is 6.24. The van der Waals surface area contributed by atoms with Crippen molar-refractivity contribution in [2.75, 3.05) is 0 Å². The fraction of sp³-hybridized carbons (Fsp3) is 0.789. The maximum atomic E-state index is 3.95. The van der Waals surface area contributed by atoms with Crippen molar-refractivity contribution in [2.45, 2.75) is 90.9 Å². The Hall–Kier alpha value is -0.520. The molecule has 0 rings (SSSR count). The molecule has 112 valence electrons. The van der Waals surface area contributed by atoms with Gasteiger partial charge in [-0.2, -0.15) is 0 Å². The van der Waals surface area contributed by atoms with Crippen molar-refractivity contribution in [3.8, 4) is 0 Å². The van der Waals surface area contributed by atoms with E-state index in [0.717, 1.165) is 0 Å². The molecular weight excluding hydrogens is 228 g/mol. The molecule has 0 fully saturated rings. The molecule has 0 spiro atoms. The van der Waals surface area contributed by atoms with E-state index in [2.05, 4.69) is 33.1 Å². The lowest BCUT2D eigenvalue weighted by molar-refractivity contribution is 0.524. The third-order valence-electron chi connectivity index (χ3n) is 3.92. The van der Waals surface area contributed by atoms with Gasteiger partial charge in [-0.25, -0.2) is 0 Å². The number of rotatable bonds is 14. The molecule has 0 heterocycles. The first-order chi connectivity index (χ1) is 9.16. The maximum absolute atomic E-state index is 3.95. The standard InChI is InChI=1S/C19H36/c1-5-19(4)17-15-13-11-9-7-6-8-10-12-14-16-18(2)3/h5,19H,1-2,6-17H2,3-4H3. The zero-order valence-corrected chi connectivity index (χ0v) is 13.6. The number of hydrogen-bond donors (Lipinski definition) is 0. The van der Waals surface area contributed by atoms with Gasteiger partial charge >= 0.3 is 0 Å². The molecule has 0 radical (unpaired) electrons. The van der Waals surface area contributed by atoms with Crippen molar-refractivity contribution >= 4 is 0 Å². The predicted octanol–water partition coefficient (Wildman–Crippen LogP) is 7.07. The number of hydrogen-bond acceptors (Lipinski definition) is 0. The van der Waals surface area contributed by atoms with Gasteiger partial charge in [0.15, 0.2) is 0 Å². The molecule has 0 amide bonds. The lowest BCUT2D eigenvalue weighted by Gasteiger charge is -2.05. The first-order valence-electron chi connectivity index (χ1n) is 8.43. The zero-order chi connectivity index (χ0) is 14.3. The fourth-order valence-corrected chi connectivity index (χ4v) is 2.43. The van der Waals surface area contributed by atoms with E-state index in [1.54, 1.807) is 0 Å². The highest BCUT2D eigenvalue weighted by Gasteiger charge is 1.96. The normalized spacial score (nSPS) is 12.3. The van der Waals surface area contributed by atoms with Crippen LogP contribution in [0, 0.1) is 5.92 Å². The van der Waals surface area contributed by atoms with Crippen LogP contribution in [-0.4, -0.2) is 0 Å². The van der Waals surface area contributed by atoms with E-state index >= 15 is 0 Å². The Kier molecular flexibility index (Phi) is 13.5. The van der Waals surface area contributed by atoms with Crippen molar-refractivity contribution < 1.29 is 0 Å². The monoisotopic (exact) mass is 264 g/mol. The predicted molar refractivity (Wildman–Crippen MR) is 89.6 cm³/mol. The van der Waals surface area contributed by atoms with Gasteiger partial charge in [0, 0.05) is 0 Å². The van der Waals surface area contributed by atoms with Gasteiger partial charge in [0.1, 0.15) is 0 Å². The molecule has 1 unspecified atom stereocenters. The van der Waals surface area contributed by atoms with Crippen LogP contribution in [0.25, 0.3) is 0 Å². The van der Waals surface area contributed by atoms with E-state index in [-0.39, 0.29) is 0 Å². The molecule has 0 aliphatic carbocycles. The minimum Gasteiger partial charge on any atom is -0.103 e. The quantitative estimate of drug-likeness (QED) is 0.232. The summed E-state index contributed by atoms with van der Waals surface area (Å²) in [5.74, 6) is 0.708. The summed E-state index contributed by atoms with van der Waals surface area (Å²) in [4.78, 5) is 0. The molecule has 0 aliphatic rings. The average molecular weight is 264 g/mol. The lowest BCUT2D eigenvalue weighted by atomic mass is 10.0. The van der Waals surface area contributed by atoms with Crippen LogP contribution in [0.15, 0.2) is 24.8 Å². The highest BCUT2D eigenvalue weighted by Crippen LogP contribution is 2.14. The third-order valence-corrected chi connectivity index (χ3v) is 3.92. The number of unbranched alkanes of at least 4 members (excludes halogenated alkanes) is 9. The smallest absolute Gasteiger partial charge is 0.0265 e. The Labute approximate surface area is 122 Å². The first-order valence-corrected chi connectivity index (χ1v) is 8.43. The maximum Gasteiger partial charge on any atom is -0.0265 e. The molecule has 0 bridgehead atoms. The highest BCUT2D eigenvalue weighted by atomic mass is 14.0. The fourth-order valence-electron chi connectivity index (χ4n) is 2.43. The Morgan fingerprint density at radius 2 is 1.26 bits per heavy atom. The van der Waals surface area contributed by atoms with E-state index in [9.17, 15) is 0 Å². The first kappa shape index (κ1) is 18.5. The molecular formula is C19H36. The summed E-state index contributed by atoms with van der Waals surface area (Å²) >= 11 is 0. The van der Waals surface area contributed by atoms with Crippen LogP contribution in [0.5, 0.6) is 0 Å². The molecule has 0 saturated carbocycles. The van der Waals surface area contributed by atoms with Gasteiger partial charge < -0.3 is 0 Å². The Balaban J connectivity index is 3.03. The van der Waals surface area contributed by atoms with E-state index in [4.69, 9.17) is 0 Å². The largest absolute Gasteiger partial charge is 0.103 e. The summed E-state index contributed by atoms with van der Waals surface area (Å²) in [6.45, 7) is 12.2. The van der Waals surface area contributed by atoms with Crippen LogP contribution in [0.3, 0.4) is 0 Å². The highest BCUT2D eigenvalue weighted by molar-refractivity contribution is 4.86. The summed E-state index contributed by atoms with van der Waals surface area (Å²) in [5.41, 5.74) is 1.34. The molecule has 0 aromatic carbocycles. The summed E-state index contributed by atoms with van der Waals surface area (Å²) < 4.78 is 0. The minimum absolute atomic E-state index is 0.708. The summed E-state index contributed by atoms with van der Waals surface area (Å²) in [6, 6.07) is 0. The second-order valence-electron chi connectivity index (χ2n) is 6.24. The molecule has 0 nitrogen and oxygen atoms in total. The average Bonchev–Trinajstić information content (AvgIpc) is 2.39. The van der Waals surface area contributed by atoms with Crippen LogP contribution in [0.4, 0.5) is 0 Å². The zero-order valence-electron chi connectivity index (χ0n) is 13.6. The summed E-state index contributed by atoms with van der Waals surface area (Å²) in [6.07, 6.45) is 18.8. The van der Waals surface area contributed by atoms with Crippen LogP contribution in [0.1, 0.15) is 90.9 Å². The minimum atomic E-state index is 0.708. The summed E-state index contributed by atoms with van der Waals surface area (Å²) in [7, 11) is 0. The SMILES string of the molecule is C=CC(C)CCCCCCCCCCCCC(=C)C. The van der Waals surface area contributed by atoms with E-state index in [1.807, 2.05) is 0 Å². The molecule has 0 N–H and O–H groups in total. The van der Waals surface area contributed by atoms with Gasteiger partial charge in [-0.05, 0) is 32.1 Å².